The van der Waals surface area contributed by atoms with Gasteiger partial charge in [0.1, 0.15) is 5.75 Å². The van der Waals surface area contributed by atoms with E-state index in [1.807, 2.05) is 13.0 Å². The smallest absolute Gasteiger partial charge is 0.406 e. The molecule has 2 aromatic rings. The first-order valence-electron chi connectivity index (χ1n) is 9.61. The number of hydrazone groups is 1. The van der Waals surface area contributed by atoms with Gasteiger partial charge in [-0.05, 0) is 36.2 Å². The Morgan fingerprint density at radius 1 is 1.28 bits per heavy atom. The Balaban J connectivity index is 1.95. The molecule has 0 radical (unpaired) electrons. The molecule has 0 aliphatic carbocycles. The number of nitrogens with one attached hydrogen (secondary N) is 1. The molecule has 1 aliphatic rings. The van der Waals surface area contributed by atoms with Crippen LogP contribution in [0.5, 0.6) is 5.75 Å². The Morgan fingerprint density at radius 2 is 2.06 bits per heavy atom. The Hall–Kier alpha value is -2.96. The van der Waals surface area contributed by atoms with Gasteiger partial charge in [-0.15, -0.1) is 13.2 Å². The van der Waals surface area contributed by atoms with Crippen LogP contribution < -0.4 is 10.1 Å². The molecule has 0 aromatic heterocycles. The lowest BCUT2D eigenvalue weighted by atomic mass is 9.93. The second-order valence-corrected chi connectivity index (χ2v) is 7.71. The number of guanidine groups is 1. The molecule has 1 heterocycles. The lowest BCUT2D eigenvalue weighted by Gasteiger charge is -2.16. The fourth-order valence-corrected chi connectivity index (χ4v) is 3.58. The van der Waals surface area contributed by atoms with Crippen LogP contribution in [0.2, 0.25) is 10.0 Å². The van der Waals surface area contributed by atoms with E-state index in [0.29, 0.717) is 16.6 Å². The van der Waals surface area contributed by atoms with Gasteiger partial charge >= 0.3 is 6.36 Å². The number of benzene rings is 2. The Bertz CT molecular complexity index is 1080. The zero-order valence-electron chi connectivity index (χ0n) is 16.8. The molecule has 168 valence electrons. The van der Waals surface area contributed by atoms with Crippen molar-refractivity contribution in [3.8, 4) is 11.9 Å². The predicted octanol–water partition coefficient (Wildman–Crippen LogP) is 6.09. The van der Waals surface area contributed by atoms with E-state index in [1.54, 1.807) is 18.3 Å². The minimum Gasteiger partial charge on any atom is -0.406 e. The molecule has 0 spiro atoms. The number of nitrogens with zero attached hydrogens (tertiary/aromatic N) is 4. The monoisotopic (exact) mass is 483 g/mol. The zero-order chi connectivity index (χ0) is 23.3. The van der Waals surface area contributed by atoms with E-state index in [0.717, 1.165) is 36.2 Å². The molecule has 0 bridgehead atoms. The summed E-state index contributed by atoms with van der Waals surface area (Å²) in [5.74, 6) is -0.309. The maximum Gasteiger partial charge on any atom is 0.573 e. The fraction of sp³-hybridized carbons (Fsp3) is 0.286. The van der Waals surface area contributed by atoms with Crippen molar-refractivity contribution in [1.82, 2.24) is 10.3 Å². The summed E-state index contributed by atoms with van der Waals surface area (Å²) in [4.78, 5) is 4.28. The largest absolute Gasteiger partial charge is 0.573 e. The van der Waals surface area contributed by atoms with Crippen molar-refractivity contribution < 1.29 is 17.9 Å². The van der Waals surface area contributed by atoms with Gasteiger partial charge in [0.25, 0.3) is 0 Å². The standard InChI is InChI=1S/C21H18Cl2F3N5O/c1-2-4-14-11-31(30-19(14)13-7-8-17(22)18(23)9-13)20(28-12-27)29-15-5-3-6-16(10-15)32-21(24,25)26/h3,5-10,14H,2,4,11H2,1H3,(H,28,29). The second kappa shape index (κ2) is 10.1. The average molecular weight is 484 g/mol. The number of hydrogen-bond donors (Lipinski definition) is 1. The highest BCUT2D eigenvalue weighted by Gasteiger charge is 2.32. The van der Waals surface area contributed by atoms with Crippen molar-refractivity contribution in [3.05, 3.63) is 58.1 Å². The lowest BCUT2D eigenvalue weighted by molar-refractivity contribution is -0.274. The summed E-state index contributed by atoms with van der Waals surface area (Å²) in [6.07, 6.45) is -1.31. The molecule has 0 saturated carbocycles. The van der Waals surface area contributed by atoms with Crippen molar-refractivity contribution in [2.75, 3.05) is 6.54 Å². The number of halogens is 5. The maximum atomic E-state index is 12.5. The molecular formula is C21H18Cl2F3N5O. The van der Waals surface area contributed by atoms with Crippen LogP contribution in [0, 0.1) is 17.4 Å². The molecule has 1 atom stereocenters. The van der Waals surface area contributed by atoms with Crippen LogP contribution in [-0.4, -0.2) is 29.6 Å². The third-order valence-corrected chi connectivity index (χ3v) is 5.30. The van der Waals surface area contributed by atoms with Crippen molar-refractivity contribution in [2.24, 2.45) is 16.0 Å². The second-order valence-electron chi connectivity index (χ2n) is 6.90. The van der Waals surface area contributed by atoms with E-state index in [4.69, 9.17) is 23.2 Å². The molecule has 0 amide bonds. The minimum atomic E-state index is -4.82. The van der Waals surface area contributed by atoms with Crippen LogP contribution in [0.25, 0.3) is 0 Å². The van der Waals surface area contributed by atoms with E-state index in [1.165, 1.54) is 17.1 Å². The Morgan fingerprint density at radius 3 is 2.72 bits per heavy atom. The molecule has 32 heavy (non-hydrogen) atoms. The summed E-state index contributed by atoms with van der Waals surface area (Å²) in [5, 5.41) is 18.6. The number of aliphatic imine (C=N–C) groups is 1. The summed E-state index contributed by atoms with van der Waals surface area (Å²) >= 11 is 12.2. The van der Waals surface area contributed by atoms with Crippen molar-refractivity contribution in [3.63, 3.8) is 0 Å². The molecule has 1 N–H and O–H groups in total. The van der Waals surface area contributed by atoms with E-state index >= 15 is 0 Å². The molecule has 0 fully saturated rings. The highest BCUT2D eigenvalue weighted by molar-refractivity contribution is 6.42. The first-order valence-corrected chi connectivity index (χ1v) is 10.4. The van der Waals surface area contributed by atoms with Crippen LogP contribution in [0.3, 0.4) is 0 Å². The Labute approximate surface area is 192 Å². The van der Waals surface area contributed by atoms with Gasteiger partial charge in [-0.2, -0.15) is 10.4 Å². The SMILES string of the molecule is CCCC1CN(C(=Nc2cccc(OC(F)(F)F)c2)NC#N)N=C1c1ccc(Cl)c(Cl)c1. The number of hydrogen-bond acceptors (Lipinski definition) is 4. The van der Waals surface area contributed by atoms with Gasteiger partial charge in [0, 0.05) is 12.0 Å². The zero-order valence-corrected chi connectivity index (χ0v) is 18.3. The van der Waals surface area contributed by atoms with Crippen LogP contribution in [0.1, 0.15) is 25.3 Å². The van der Waals surface area contributed by atoms with Gasteiger partial charge in [-0.25, -0.2) is 10.0 Å². The third-order valence-electron chi connectivity index (χ3n) is 4.56. The highest BCUT2D eigenvalue weighted by atomic mass is 35.5. The number of nitriles is 1. The van der Waals surface area contributed by atoms with Crippen LogP contribution in [-0.2, 0) is 0 Å². The van der Waals surface area contributed by atoms with Gasteiger partial charge < -0.3 is 4.74 Å². The van der Waals surface area contributed by atoms with Crippen LogP contribution >= 0.6 is 23.2 Å². The summed E-state index contributed by atoms with van der Waals surface area (Å²) < 4.78 is 41.5. The third kappa shape index (κ3) is 6.05. The average Bonchev–Trinajstić information content (AvgIpc) is 3.13. The summed E-state index contributed by atoms with van der Waals surface area (Å²) in [6, 6.07) is 10.4. The van der Waals surface area contributed by atoms with Crippen molar-refractivity contribution in [2.45, 2.75) is 26.1 Å². The molecule has 11 heteroatoms. The molecule has 3 rings (SSSR count). The molecule has 6 nitrogen and oxygen atoms in total. The summed E-state index contributed by atoms with van der Waals surface area (Å²) in [6.45, 7) is 2.47. The predicted molar refractivity (Wildman–Crippen MR) is 117 cm³/mol. The van der Waals surface area contributed by atoms with E-state index in [9.17, 15) is 18.4 Å². The maximum absolute atomic E-state index is 12.5. The van der Waals surface area contributed by atoms with Crippen molar-refractivity contribution in [1.29, 1.82) is 5.26 Å². The molecule has 1 unspecified atom stereocenters. The van der Waals surface area contributed by atoms with E-state index in [2.05, 4.69) is 20.1 Å². The van der Waals surface area contributed by atoms with Gasteiger partial charge in [-0.1, -0.05) is 48.7 Å². The fourth-order valence-electron chi connectivity index (χ4n) is 3.28. The summed E-state index contributed by atoms with van der Waals surface area (Å²) in [7, 11) is 0. The van der Waals surface area contributed by atoms with Gasteiger partial charge in [0.05, 0.1) is 28.0 Å². The summed E-state index contributed by atoms with van der Waals surface area (Å²) in [5.41, 5.74) is 1.71. The Kier molecular flexibility index (Phi) is 7.48. The topological polar surface area (TPSA) is 73.0 Å². The van der Waals surface area contributed by atoms with Gasteiger partial charge in [-0.3, -0.25) is 5.32 Å². The van der Waals surface area contributed by atoms with E-state index < -0.39 is 12.1 Å². The molecular weight excluding hydrogens is 466 g/mol. The quantitative estimate of drug-likeness (QED) is 0.242. The number of alkyl halides is 3. The number of ether oxygens (including phenoxy) is 1. The number of rotatable bonds is 5. The molecule has 0 saturated heterocycles. The first-order chi connectivity index (χ1) is 15.2. The van der Waals surface area contributed by atoms with Crippen LogP contribution in [0.4, 0.5) is 18.9 Å². The minimum absolute atomic E-state index is 0.0304. The highest BCUT2D eigenvalue weighted by Crippen LogP contribution is 2.30. The first kappa shape index (κ1) is 23.7. The molecule has 1 aliphatic heterocycles. The van der Waals surface area contributed by atoms with Crippen LogP contribution in [0.15, 0.2) is 52.6 Å². The van der Waals surface area contributed by atoms with Gasteiger partial charge in [0.2, 0.25) is 5.96 Å². The van der Waals surface area contributed by atoms with Crippen molar-refractivity contribution >= 4 is 40.6 Å². The van der Waals surface area contributed by atoms with E-state index in [-0.39, 0.29) is 17.6 Å². The normalized spacial score (nSPS) is 16.5. The lowest BCUT2D eigenvalue weighted by Crippen LogP contribution is -2.35. The molecule has 2 aromatic carbocycles. The van der Waals surface area contributed by atoms with Gasteiger partial charge in [0.15, 0.2) is 6.19 Å².